The van der Waals surface area contributed by atoms with Crippen molar-refractivity contribution in [2.24, 2.45) is 17.6 Å². The second-order valence-electron chi connectivity index (χ2n) is 6.80. The molecule has 2 N–H and O–H groups in total. The largest absolute Gasteiger partial charge is 0.369 e. The molecule has 9 heteroatoms. The molecule has 140 valence electrons. The van der Waals surface area contributed by atoms with Crippen molar-refractivity contribution in [1.82, 2.24) is 4.90 Å². The van der Waals surface area contributed by atoms with Crippen molar-refractivity contribution in [2.45, 2.75) is 19.8 Å². The lowest BCUT2D eigenvalue weighted by Gasteiger charge is -2.30. The molecule has 0 bridgehead atoms. The first-order valence-electron chi connectivity index (χ1n) is 8.46. The number of carbonyl (C=O) groups excluding carboxylic acids is 3. The summed E-state index contributed by atoms with van der Waals surface area (Å²) in [5, 5.41) is 0. The van der Waals surface area contributed by atoms with Gasteiger partial charge in [0.15, 0.2) is 0 Å². The van der Waals surface area contributed by atoms with Crippen LogP contribution < -0.4 is 10.0 Å². The Morgan fingerprint density at radius 3 is 2.38 bits per heavy atom. The lowest BCUT2D eigenvalue weighted by molar-refractivity contribution is -0.123. The molecule has 0 spiro atoms. The Morgan fingerprint density at radius 1 is 1.19 bits per heavy atom. The molecule has 0 radical (unpaired) electrons. The molecule has 1 aromatic carbocycles. The van der Waals surface area contributed by atoms with Crippen LogP contribution in [0.2, 0.25) is 0 Å². The lowest BCUT2D eigenvalue weighted by atomic mass is 9.96. The van der Waals surface area contributed by atoms with Crippen LogP contribution in [-0.4, -0.2) is 49.9 Å². The Kier molecular flexibility index (Phi) is 4.74. The van der Waals surface area contributed by atoms with Gasteiger partial charge in [0.2, 0.25) is 21.8 Å². The van der Waals surface area contributed by atoms with Crippen molar-refractivity contribution >= 4 is 33.4 Å². The number of amides is 3. The van der Waals surface area contributed by atoms with Crippen molar-refractivity contribution in [2.75, 3.05) is 23.1 Å². The highest BCUT2D eigenvalue weighted by Crippen LogP contribution is 2.29. The number of hydrogen-bond acceptors (Lipinski definition) is 5. The number of piperidine rings is 1. The standard InChI is InChI=1S/C17H21N3O5S/c1-11-10-26(24,25)20(16(11)22)14-4-2-3-13(9-14)17(23)19-7-5-12(6-8-19)15(18)21/h2-4,9,11-12H,5-8,10H2,1H3,(H2,18,21)/t11-/m1/s1. The first kappa shape index (κ1) is 18.4. The molecule has 2 fully saturated rings. The Morgan fingerprint density at radius 2 is 1.85 bits per heavy atom. The van der Waals surface area contributed by atoms with E-state index in [-0.39, 0.29) is 29.2 Å². The number of carbonyl (C=O) groups is 3. The van der Waals surface area contributed by atoms with Gasteiger partial charge in [-0.15, -0.1) is 0 Å². The van der Waals surface area contributed by atoms with Gasteiger partial charge >= 0.3 is 0 Å². The summed E-state index contributed by atoms with van der Waals surface area (Å²) in [7, 11) is -3.72. The van der Waals surface area contributed by atoms with Crippen molar-refractivity contribution < 1.29 is 22.8 Å². The number of likely N-dealkylation sites (tertiary alicyclic amines) is 1. The molecule has 0 aliphatic carbocycles. The smallest absolute Gasteiger partial charge is 0.253 e. The first-order chi connectivity index (χ1) is 12.2. The molecule has 26 heavy (non-hydrogen) atoms. The van der Waals surface area contributed by atoms with E-state index in [1.807, 2.05) is 0 Å². The molecule has 2 saturated heterocycles. The minimum atomic E-state index is -3.72. The van der Waals surface area contributed by atoms with Crippen molar-refractivity contribution in [1.29, 1.82) is 0 Å². The highest BCUT2D eigenvalue weighted by molar-refractivity contribution is 7.94. The van der Waals surface area contributed by atoms with Crippen LogP contribution in [-0.2, 0) is 19.6 Å². The van der Waals surface area contributed by atoms with Gasteiger partial charge < -0.3 is 10.6 Å². The summed E-state index contributed by atoms with van der Waals surface area (Å²) in [6.45, 7) is 2.39. The topological polar surface area (TPSA) is 118 Å². The van der Waals surface area contributed by atoms with Gasteiger partial charge in [-0.2, -0.15) is 0 Å². The summed E-state index contributed by atoms with van der Waals surface area (Å²) >= 11 is 0. The molecule has 3 rings (SSSR count). The van der Waals surface area contributed by atoms with Gasteiger partial charge in [-0.25, -0.2) is 12.7 Å². The molecular formula is C17H21N3O5S. The van der Waals surface area contributed by atoms with E-state index < -0.39 is 21.8 Å². The summed E-state index contributed by atoms with van der Waals surface area (Å²) in [5.74, 6) is -2.16. The third-order valence-corrected chi connectivity index (χ3v) is 6.74. The minimum Gasteiger partial charge on any atom is -0.369 e. The fourth-order valence-corrected chi connectivity index (χ4v) is 5.21. The molecule has 1 aromatic rings. The van der Waals surface area contributed by atoms with E-state index >= 15 is 0 Å². The molecule has 1 atom stereocenters. The fourth-order valence-electron chi connectivity index (χ4n) is 3.40. The SMILES string of the molecule is C[C@@H]1CS(=O)(=O)N(c2cccc(C(=O)N3CCC(C(N)=O)CC3)c2)C1=O. The molecule has 2 heterocycles. The van der Waals surface area contributed by atoms with E-state index in [2.05, 4.69) is 0 Å². The van der Waals surface area contributed by atoms with Crippen LogP contribution in [0, 0.1) is 11.8 Å². The fraction of sp³-hybridized carbons (Fsp3) is 0.471. The summed E-state index contributed by atoms with van der Waals surface area (Å²) in [6, 6.07) is 6.08. The predicted octanol–water partition coefficient (Wildman–Crippen LogP) is 0.337. The van der Waals surface area contributed by atoms with Gasteiger partial charge in [-0.1, -0.05) is 13.0 Å². The van der Waals surface area contributed by atoms with Crippen LogP contribution in [0.25, 0.3) is 0 Å². The Hall–Kier alpha value is -2.42. The van der Waals surface area contributed by atoms with E-state index in [0.717, 1.165) is 4.31 Å². The predicted molar refractivity (Wildman–Crippen MR) is 94.7 cm³/mol. The van der Waals surface area contributed by atoms with E-state index in [0.29, 0.717) is 31.5 Å². The molecule has 2 aliphatic rings. The summed E-state index contributed by atoms with van der Waals surface area (Å²) in [4.78, 5) is 37.8. The first-order valence-corrected chi connectivity index (χ1v) is 10.1. The highest BCUT2D eigenvalue weighted by atomic mass is 32.2. The number of nitrogens with two attached hydrogens (primary N) is 1. The van der Waals surface area contributed by atoms with Crippen molar-refractivity contribution in [3.8, 4) is 0 Å². The molecule has 0 saturated carbocycles. The Bertz CT molecular complexity index is 859. The van der Waals surface area contributed by atoms with E-state index in [1.54, 1.807) is 24.0 Å². The van der Waals surface area contributed by atoms with Gasteiger partial charge in [-0.3, -0.25) is 14.4 Å². The molecule has 2 aliphatic heterocycles. The number of benzene rings is 1. The van der Waals surface area contributed by atoms with Gasteiger partial charge in [0.05, 0.1) is 17.4 Å². The third kappa shape index (κ3) is 3.31. The average molecular weight is 379 g/mol. The normalized spacial score (nSPS) is 23.3. The lowest BCUT2D eigenvalue weighted by Crippen LogP contribution is -2.41. The maximum atomic E-state index is 12.7. The Balaban J connectivity index is 1.81. The molecule has 3 amide bonds. The molecule has 0 unspecified atom stereocenters. The van der Waals surface area contributed by atoms with Gasteiger partial charge in [0, 0.05) is 24.6 Å². The van der Waals surface area contributed by atoms with Gasteiger partial charge in [0.25, 0.3) is 5.91 Å². The number of rotatable bonds is 3. The summed E-state index contributed by atoms with van der Waals surface area (Å²) in [5.41, 5.74) is 5.79. The summed E-state index contributed by atoms with van der Waals surface area (Å²) in [6.07, 6.45) is 1.02. The van der Waals surface area contributed by atoms with Crippen LogP contribution in [0.5, 0.6) is 0 Å². The number of nitrogens with zero attached hydrogens (tertiary/aromatic N) is 2. The highest BCUT2D eigenvalue weighted by Gasteiger charge is 2.42. The third-order valence-electron chi connectivity index (χ3n) is 4.87. The summed E-state index contributed by atoms with van der Waals surface area (Å²) < 4.78 is 25.2. The zero-order valence-electron chi connectivity index (χ0n) is 14.4. The minimum absolute atomic E-state index is 0.178. The van der Waals surface area contributed by atoms with Crippen LogP contribution >= 0.6 is 0 Å². The Labute approximate surface area is 152 Å². The van der Waals surface area contributed by atoms with Crippen LogP contribution in [0.3, 0.4) is 0 Å². The maximum absolute atomic E-state index is 12.7. The van der Waals surface area contributed by atoms with Crippen LogP contribution in [0.1, 0.15) is 30.1 Å². The van der Waals surface area contributed by atoms with Gasteiger partial charge in [0.1, 0.15) is 0 Å². The number of anilines is 1. The van der Waals surface area contributed by atoms with E-state index in [1.165, 1.54) is 12.1 Å². The van der Waals surface area contributed by atoms with Crippen LogP contribution in [0.15, 0.2) is 24.3 Å². The maximum Gasteiger partial charge on any atom is 0.253 e. The van der Waals surface area contributed by atoms with Crippen molar-refractivity contribution in [3.63, 3.8) is 0 Å². The van der Waals surface area contributed by atoms with E-state index in [4.69, 9.17) is 5.73 Å². The number of primary amides is 1. The second-order valence-corrected chi connectivity index (χ2v) is 8.66. The second kappa shape index (κ2) is 6.71. The van der Waals surface area contributed by atoms with Gasteiger partial charge in [-0.05, 0) is 31.0 Å². The van der Waals surface area contributed by atoms with E-state index in [9.17, 15) is 22.8 Å². The zero-order chi connectivity index (χ0) is 19.1. The van der Waals surface area contributed by atoms with Crippen LogP contribution in [0.4, 0.5) is 5.69 Å². The average Bonchev–Trinajstić information content (AvgIpc) is 2.81. The number of sulfonamides is 1. The number of hydrogen-bond donors (Lipinski definition) is 1. The molecule has 8 nitrogen and oxygen atoms in total. The monoisotopic (exact) mass is 379 g/mol. The quantitative estimate of drug-likeness (QED) is 0.812. The zero-order valence-corrected chi connectivity index (χ0v) is 15.2. The van der Waals surface area contributed by atoms with Crippen molar-refractivity contribution in [3.05, 3.63) is 29.8 Å². The molecular weight excluding hydrogens is 358 g/mol. The molecule has 0 aromatic heterocycles.